The molecule has 22 heavy (non-hydrogen) atoms. The summed E-state index contributed by atoms with van der Waals surface area (Å²) in [6, 6.07) is 5.24. The Balaban J connectivity index is 1.82. The second-order valence-corrected chi connectivity index (χ2v) is 4.83. The van der Waals surface area contributed by atoms with Crippen molar-refractivity contribution >= 4 is 23.6 Å². The van der Waals surface area contributed by atoms with Crippen molar-refractivity contribution in [3.63, 3.8) is 0 Å². The molecule has 0 amide bonds. The predicted molar refractivity (Wildman–Crippen MR) is 75.0 cm³/mol. The van der Waals surface area contributed by atoms with Crippen molar-refractivity contribution in [3.8, 4) is 11.5 Å². The first kappa shape index (κ1) is 14.1. The Morgan fingerprint density at radius 1 is 1.27 bits per heavy atom. The zero-order valence-corrected chi connectivity index (χ0v) is 11.7. The summed E-state index contributed by atoms with van der Waals surface area (Å²) < 4.78 is 15.4. The molecular weight excluding hydrogens is 288 g/mol. The molecule has 6 heteroatoms. The van der Waals surface area contributed by atoms with Crippen LogP contribution in [0, 0.1) is 5.92 Å². The SMILES string of the molecule is CC1=CC(=O)C(C(=O)/C=C/c2cccc3c2OCO3)C(=O)O1. The van der Waals surface area contributed by atoms with E-state index in [9.17, 15) is 14.4 Å². The summed E-state index contributed by atoms with van der Waals surface area (Å²) >= 11 is 0. The van der Waals surface area contributed by atoms with Crippen molar-refractivity contribution in [1.82, 2.24) is 0 Å². The summed E-state index contributed by atoms with van der Waals surface area (Å²) in [6.07, 6.45) is 3.81. The third-order valence-corrected chi connectivity index (χ3v) is 3.27. The van der Waals surface area contributed by atoms with Crippen LogP contribution >= 0.6 is 0 Å². The Morgan fingerprint density at radius 2 is 2.09 bits per heavy atom. The third-order valence-electron chi connectivity index (χ3n) is 3.27. The molecule has 0 radical (unpaired) electrons. The highest BCUT2D eigenvalue weighted by Gasteiger charge is 2.36. The maximum Gasteiger partial charge on any atom is 0.329 e. The minimum atomic E-state index is -1.44. The minimum Gasteiger partial charge on any atom is -0.454 e. The largest absolute Gasteiger partial charge is 0.454 e. The molecule has 1 aromatic carbocycles. The summed E-state index contributed by atoms with van der Waals surface area (Å²) in [7, 11) is 0. The van der Waals surface area contributed by atoms with E-state index in [0.29, 0.717) is 17.1 Å². The molecule has 0 aromatic heterocycles. The van der Waals surface area contributed by atoms with E-state index < -0.39 is 23.5 Å². The first-order valence-corrected chi connectivity index (χ1v) is 6.60. The highest BCUT2D eigenvalue weighted by atomic mass is 16.7. The molecule has 6 nitrogen and oxygen atoms in total. The molecule has 0 bridgehead atoms. The number of hydrogen-bond donors (Lipinski definition) is 0. The molecule has 0 saturated heterocycles. The number of hydrogen-bond acceptors (Lipinski definition) is 6. The normalized spacial score (nSPS) is 20.0. The summed E-state index contributed by atoms with van der Waals surface area (Å²) in [5, 5.41) is 0. The van der Waals surface area contributed by atoms with Gasteiger partial charge in [0.05, 0.1) is 0 Å². The summed E-state index contributed by atoms with van der Waals surface area (Å²) in [6.45, 7) is 1.60. The van der Waals surface area contributed by atoms with Crippen molar-refractivity contribution in [2.45, 2.75) is 6.92 Å². The van der Waals surface area contributed by atoms with Crippen LogP contribution in [-0.4, -0.2) is 24.3 Å². The zero-order valence-electron chi connectivity index (χ0n) is 11.7. The van der Waals surface area contributed by atoms with Crippen LogP contribution in [0.1, 0.15) is 12.5 Å². The average molecular weight is 300 g/mol. The molecule has 2 aliphatic heterocycles. The van der Waals surface area contributed by atoms with E-state index in [2.05, 4.69) is 0 Å². The first-order valence-electron chi connectivity index (χ1n) is 6.60. The van der Waals surface area contributed by atoms with Crippen molar-refractivity contribution in [2.75, 3.05) is 6.79 Å². The van der Waals surface area contributed by atoms with Gasteiger partial charge in [-0.3, -0.25) is 14.4 Å². The Bertz CT molecular complexity index is 728. The number of para-hydroxylation sites is 1. The van der Waals surface area contributed by atoms with Gasteiger partial charge in [0.15, 0.2) is 29.0 Å². The third kappa shape index (κ3) is 2.50. The van der Waals surface area contributed by atoms with Crippen LogP contribution in [-0.2, 0) is 19.1 Å². The molecule has 1 unspecified atom stereocenters. The number of carbonyl (C=O) groups is 3. The lowest BCUT2D eigenvalue weighted by molar-refractivity contribution is -0.151. The minimum absolute atomic E-state index is 0.117. The zero-order chi connectivity index (χ0) is 15.7. The number of cyclic esters (lactones) is 1. The van der Waals surface area contributed by atoms with E-state index in [-0.39, 0.29) is 12.6 Å². The Hall–Kier alpha value is -2.89. The topological polar surface area (TPSA) is 78.9 Å². The molecule has 0 saturated carbocycles. The lowest BCUT2D eigenvalue weighted by atomic mass is 9.96. The molecule has 1 aromatic rings. The lowest BCUT2D eigenvalue weighted by Crippen LogP contribution is -2.34. The standard InChI is InChI=1S/C16H12O6/c1-9-7-12(18)14(16(19)22-9)11(17)6-5-10-3-2-4-13-15(10)21-8-20-13/h2-7,14H,8H2,1H3/b6-5+. The monoisotopic (exact) mass is 300 g/mol. The van der Waals surface area contributed by atoms with Crippen molar-refractivity contribution in [1.29, 1.82) is 0 Å². The van der Waals surface area contributed by atoms with Crippen LogP contribution in [0.25, 0.3) is 6.08 Å². The van der Waals surface area contributed by atoms with Gasteiger partial charge < -0.3 is 14.2 Å². The van der Waals surface area contributed by atoms with E-state index in [1.807, 2.05) is 0 Å². The lowest BCUT2D eigenvalue weighted by Gasteiger charge is -2.15. The number of esters is 1. The second kappa shape index (κ2) is 5.48. The molecule has 0 fully saturated rings. The van der Waals surface area contributed by atoms with Crippen LogP contribution in [0.3, 0.4) is 0 Å². The fourth-order valence-corrected chi connectivity index (χ4v) is 2.26. The second-order valence-electron chi connectivity index (χ2n) is 4.83. The number of ketones is 2. The maximum absolute atomic E-state index is 12.1. The Labute approximate surface area is 126 Å². The van der Waals surface area contributed by atoms with E-state index in [1.54, 1.807) is 18.2 Å². The molecule has 0 N–H and O–H groups in total. The Kier molecular flexibility index (Phi) is 3.50. The predicted octanol–water partition coefficient (Wildman–Crippen LogP) is 1.64. The highest BCUT2D eigenvalue weighted by molar-refractivity contribution is 6.25. The fourth-order valence-electron chi connectivity index (χ4n) is 2.26. The number of rotatable bonds is 3. The van der Waals surface area contributed by atoms with Gasteiger partial charge in [-0.15, -0.1) is 0 Å². The van der Waals surface area contributed by atoms with Crippen LogP contribution in [0.2, 0.25) is 0 Å². The van der Waals surface area contributed by atoms with Gasteiger partial charge in [-0.1, -0.05) is 12.1 Å². The summed E-state index contributed by atoms with van der Waals surface area (Å²) in [4.78, 5) is 35.5. The van der Waals surface area contributed by atoms with Crippen LogP contribution in [0.5, 0.6) is 11.5 Å². The van der Waals surface area contributed by atoms with Gasteiger partial charge in [0.1, 0.15) is 5.76 Å². The molecule has 2 aliphatic rings. The van der Waals surface area contributed by atoms with Gasteiger partial charge >= 0.3 is 5.97 Å². The van der Waals surface area contributed by atoms with E-state index in [0.717, 1.165) is 6.08 Å². The van der Waals surface area contributed by atoms with E-state index >= 15 is 0 Å². The van der Waals surface area contributed by atoms with Gasteiger partial charge in [-0.05, 0) is 25.1 Å². The maximum atomic E-state index is 12.1. The van der Waals surface area contributed by atoms with Crippen LogP contribution in [0.4, 0.5) is 0 Å². The molecule has 0 aliphatic carbocycles. The molecule has 0 spiro atoms. The molecule has 1 atom stereocenters. The molecule has 2 heterocycles. The number of fused-ring (bicyclic) bond motifs is 1. The van der Waals surface area contributed by atoms with Gasteiger partial charge in [0.2, 0.25) is 6.79 Å². The molecule has 3 rings (SSSR count). The van der Waals surface area contributed by atoms with Crippen LogP contribution in [0.15, 0.2) is 36.1 Å². The summed E-state index contributed by atoms with van der Waals surface area (Å²) in [5.41, 5.74) is 0.631. The highest BCUT2D eigenvalue weighted by Crippen LogP contribution is 2.36. The number of ether oxygens (including phenoxy) is 3. The van der Waals surface area contributed by atoms with Crippen LogP contribution < -0.4 is 9.47 Å². The van der Waals surface area contributed by atoms with Gasteiger partial charge in [-0.2, -0.15) is 0 Å². The van der Waals surface area contributed by atoms with Gasteiger partial charge in [-0.25, -0.2) is 0 Å². The Morgan fingerprint density at radius 3 is 2.86 bits per heavy atom. The first-order chi connectivity index (χ1) is 10.6. The number of benzene rings is 1. The number of carbonyl (C=O) groups excluding carboxylic acids is 3. The quantitative estimate of drug-likeness (QED) is 0.480. The average Bonchev–Trinajstić information content (AvgIpc) is 2.92. The van der Waals surface area contributed by atoms with Crippen molar-refractivity contribution < 1.29 is 28.6 Å². The fraction of sp³-hybridized carbons (Fsp3) is 0.188. The van der Waals surface area contributed by atoms with Gasteiger partial charge in [0, 0.05) is 11.6 Å². The molecular formula is C16H12O6. The molecule has 112 valence electrons. The summed E-state index contributed by atoms with van der Waals surface area (Å²) in [5.74, 6) is -2.18. The smallest absolute Gasteiger partial charge is 0.329 e. The van der Waals surface area contributed by atoms with E-state index in [1.165, 1.54) is 19.1 Å². The number of allylic oxidation sites excluding steroid dienone is 3. The van der Waals surface area contributed by atoms with Gasteiger partial charge in [0.25, 0.3) is 0 Å². The van der Waals surface area contributed by atoms with Crippen molar-refractivity contribution in [2.24, 2.45) is 5.92 Å². The van der Waals surface area contributed by atoms with Crippen molar-refractivity contribution in [3.05, 3.63) is 41.7 Å². The van der Waals surface area contributed by atoms with E-state index in [4.69, 9.17) is 14.2 Å².